The zero-order valence-corrected chi connectivity index (χ0v) is 12.9. The number of hydrogen-bond acceptors (Lipinski definition) is 2. The minimum atomic E-state index is -0.163. The summed E-state index contributed by atoms with van der Waals surface area (Å²) < 4.78 is 6.79. The van der Waals surface area contributed by atoms with Crippen LogP contribution in [0, 0.1) is 22.7 Å². The van der Waals surface area contributed by atoms with Gasteiger partial charge in [-0.3, -0.25) is 0 Å². The fourth-order valence-electron chi connectivity index (χ4n) is 2.97. The Kier molecular flexibility index (Phi) is 4.87. The van der Waals surface area contributed by atoms with Crippen LogP contribution in [0.3, 0.4) is 0 Å². The van der Waals surface area contributed by atoms with Gasteiger partial charge < -0.3 is 4.74 Å². The highest BCUT2D eigenvalue weighted by atomic mass is 79.9. The van der Waals surface area contributed by atoms with E-state index in [1.165, 1.54) is 12.8 Å². The van der Waals surface area contributed by atoms with Gasteiger partial charge in [0.1, 0.15) is 5.75 Å². The zero-order valence-electron chi connectivity index (χ0n) is 11.4. The van der Waals surface area contributed by atoms with Crippen molar-refractivity contribution in [2.24, 2.45) is 11.3 Å². The lowest BCUT2D eigenvalue weighted by Gasteiger charge is -2.34. The van der Waals surface area contributed by atoms with E-state index in [4.69, 9.17) is 4.74 Å². The first-order chi connectivity index (χ1) is 9.13. The molecule has 0 aromatic heterocycles. The second kappa shape index (κ2) is 6.43. The fourth-order valence-corrected chi connectivity index (χ4v) is 3.34. The molecule has 2 unspecified atom stereocenters. The lowest BCUT2D eigenvalue weighted by Crippen LogP contribution is -2.28. The highest BCUT2D eigenvalue weighted by Crippen LogP contribution is 2.41. The number of rotatable bonds is 4. The topological polar surface area (TPSA) is 33.0 Å². The van der Waals surface area contributed by atoms with Gasteiger partial charge in [-0.2, -0.15) is 5.26 Å². The molecule has 0 bridgehead atoms. The predicted octanol–water partition coefficient (Wildman–Crippen LogP) is 4.94. The molecule has 2 atom stereocenters. The first-order valence-electron chi connectivity index (χ1n) is 6.93. The highest BCUT2D eigenvalue weighted by Gasteiger charge is 2.34. The van der Waals surface area contributed by atoms with Crippen LogP contribution in [0.25, 0.3) is 0 Å². The van der Waals surface area contributed by atoms with Gasteiger partial charge in [0.25, 0.3) is 0 Å². The van der Waals surface area contributed by atoms with Crippen LogP contribution in [-0.2, 0) is 0 Å². The molecule has 0 spiro atoms. The Morgan fingerprint density at radius 1 is 1.53 bits per heavy atom. The standard InChI is InChI=1S/C16H20BrNO/c1-13-4-3-7-16(11-13,12-18)8-9-19-15-6-2-5-14(17)10-15/h2,5-6,10,13H,3-4,7-9,11H2,1H3. The van der Waals surface area contributed by atoms with Gasteiger partial charge in [-0.1, -0.05) is 41.8 Å². The van der Waals surface area contributed by atoms with Gasteiger partial charge in [-0.15, -0.1) is 0 Å². The number of benzene rings is 1. The lowest BCUT2D eigenvalue weighted by atomic mass is 9.69. The maximum absolute atomic E-state index is 9.49. The first kappa shape index (κ1) is 14.4. The van der Waals surface area contributed by atoms with E-state index in [1.54, 1.807) is 0 Å². The van der Waals surface area contributed by atoms with Crippen molar-refractivity contribution >= 4 is 15.9 Å². The number of nitrogens with zero attached hydrogens (tertiary/aromatic N) is 1. The van der Waals surface area contributed by atoms with Gasteiger partial charge in [0.15, 0.2) is 0 Å². The number of halogens is 1. The van der Waals surface area contributed by atoms with Gasteiger partial charge in [0.05, 0.1) is 18.1 Å². The molecule has 0 radical (unpaired) electrons. The zero-order chi connectivity index (χ0) is 13.7. The van der Waals surface area contributed by atoms with Crippen molar-refractivity contribution in [3.8, 4) is 11.8 Å². The second-order valence-electron chi connectivity index (χ2n) is 5.65. The number of ether oxygens (including phenoxy) is 1. The molecule has 19 heavy (non-hydrogen) atoms. The number of nitriles is 1. The third kappa shape index (κ3) is 3.98. The Bertz CT molecular complexity index is 468. The van der Waals surface area contributed by atoms with Crippen LogP contribution in [0.4, 0.5) is 0 Å². The summed E-state index contributed by atoms with van der Waals surface area (Å²) in [4.78, 5) is 0. The van der Waals surface area contributed by atoms with E-state index < -0.39 is 0 Å². The minimum absolute atomic E-state index is 0.163. The molecule has 1 aromatic carbocycles. The Labute approximate surface area is 123 Å². The molecule has 0 N–H and O–H groups in total. The van der Waals surface area contributed by atoms with Crippen molar-refractivity contribution in [3.05, 3.63) is 28.7 Å². The third-order valence-electron chi connectivity index (χ3n) is 3.97. The van der Waals surface area contributed by atoms with Crippen LogP contribution < -0.4 is 4.74 Å². The quantitative estimate of drug-likeness (QED) is 0.787. The van der Waals surface area contributed by atoms with Crippen LogP contribution in [0.1, 0.15) is 39.0 Å². The molecule has 3 heteroatoms. The van der Waals surface area contributed by atoms with Crippen molar-refractivity contribution in [1.82, 2.24) is 0 Å². The van der Waals surface area contributed by atoms with E-state index in [-0.39, 0.29) is 5.41 Å². The minimum Gasteiger partial charge on any atom is -0.493 e. The van der Waals surface area contributed by atoms with E-state index in [0.717, 1.165) is 29.5 Å². The third-order valence-corrected chi connectivity index (χ3v) is 4.47. The summed E-state index contributed by atoms with van der Waals surface area (Å²) in [5, 5.41) is 9.49. The molecule has 0 aliphatic heterocycles. The Balaban J connectivity index is 1.89. The van der Waals surface area contributed by atoms with Gasteiger partial charge in [0.2, 0.25) is 0 Å². The van der Waals surface area contributed by atoms with Crippen LogP contribution >= 0.6 is 15.9 Å². The maximum atomic E-state index is 9.49. The molecule has 1 aliphatic rings. The largest absolute Gasteiger partial charge is 0.493 e. The van der Waals surface area contributed by atoms with E-state index in [2.05, 4.69) is 28.9 Å². The SMILES string of the molecule is CC1CCCC(C#N)(CCOc2cccc(Br)c2)C1. The Morgan fingerprint density at radius 2 is 2.37 bits per heavy atom. The van der Waals surface area contributed by atoms with Gasteiger partial charge >= 0.3 is 0 Å². The maximum Gasteiger partial charge on any atom is 0.120 e. The van der Waals surface area contributed by atoms with Gasteiger partial charge in [0, 0.05) is 10.9 Å². The average molecular weight is 322 g/mol. The normalized spacial score (nSPS) is 26.7. The van der Waals surface area contributed by atoms with Crippen LogP contribution in [-0.4, -0.2) is 6.61 Å². The summed E-state index contributed by atoms with van der Waals surface area (Å²) in [7, 11) is 0. The predicted molar refractivity (Wildman–Crippen MR) is 79.9 cm³/mol. The van der Waals surface area contributed by atoms with Crippen LogP contribution in [0.15, 0.2) is 28.7 Å². The molecule has 1 saturated carbocycles. The summed E-state index contributed by atoms with van der Waals surface area (Å²) in [6.45, 7) is 2.87. The summed E-state index contributed by atoms with van der Waals surface area (Å²) >= 11 is 3.43. The molecule has 1 aromatic rings. The van der Waals surface area contributed by atoms with Crippen molar-refractivity contribution in [2.75, 3.05) is 6.61 Å². The van der Waals surface area contributed by atoms with Gasteiger partial charge in [-0.05, 0) is 37.0 Å². The molecule has 0 amide bonds. The fraction of sp³-hybridized carbons (Fsp3) is 0.562. The summed E-state index contributed by atoms with van der Waals surface area (Å²) in [6, 6.07) is 10.4. The van der Waals surface area contributed by atoms with Crippen molar-refractivity contribution in [1.29, 1.82) is 5.26 Å². The molecule has 1 fully saturated rings. The molecule has 102 valence electrons. The smallest absolute Gasteiger partial charge is 0.120 e. The molecular formula is C16H20BrNO. The van der Waals surface area contributed by atoms with Crippen molar-refractivity contribution in [3.63, 3.8) is 0 Å². The van der Waals surface area contributed by atoms with Gasteiger partial charge in [-0.25, -0.2) is 0 Å². The first-order valence-corrected chi connectivity index (χ1v) is 7.72. The summed E-state index contributed by atoms with van der Waals surface area (Å²) in [6.07, 6.45) is 5.31. The van der Waals surface area contributed by atoms with Crippen LogP contribution in [0.2, 0.25) is 0 Å². The molecular weight excluding hydrogens is 302 g/mol. The molecule has 0 saturated heterocycles. The molecule has 0 heterocycles. The van der Waals surface area contributed by atoms with E-state index in [0.29, 0.717) is 12.5 Å². The van der Waals surface area contributed by atoms with E-state index in [1.807, 2.05) is 24.3 Å². The van der Waals surface area contributed by atoms with Crippen molar-refractivity contribution in [2.45, 2.75) is 39.0 Å². The summed E-state index contributed by atoms with van der Waals surface area (Å²) in [5.74, 6) is 1.53. The highest BCUT2D eigenvalue weighted by molar-refractivity contribution is 9.10. The lowest BCUT2D eigenvalue weighted by molar-refractivity contribution is 0.162. The second-order valence-corrected chi connectivity index (χ2v) is 6.57. The molecule has 1 aliphatic carbocycles. The summed E-state index contributed by atoms with van der Waals surface area (Å²) in [5.41, 5.74) is -0.163. The Morgan fingerprint density at radius 3 is 3.05 bits per heavy atom. The van der Waals surface area contributed by atoms with Crippen LogP contribution in [0.5, 0.6) is 5.75 Å². The Hall–Kier alpha value is -1.01. The molecule has 2 rings (SSSR count). The van der Waals surface area contributed by atoms with E-state index in [9.17, 15) is 5.26 Å². The van der Waals surface area contributed by atoms with E-state index >= 15 is 0 Å². The average Bonchev–Trinajstić information content (AvgIpc) is 2.39. The van der Waals surface area contributed by atoms with Crippen molar-refractivity contribution < 1.29 is 4.74 Å². The number of hydrogen-bond donors (Lipinski definition) is 0. The monoisotopic (exact) mass is 321 g/mol. The molecule has 2 nitrogen and oxygen atoms in total.